The third kappa shape index (κ3) is 2.72. The van der Waals surface area contributed by atoms with Gasteiger partial charge >= 0.3 is 0 Å². The maximum Gasteiger partial charge on any atom is 0.145 e. The lowest BCUT2D eigenvalue weighted by Crippen LogP contribution is -2.31. The molecule has 2 aromatic rings. The highest BCUT2D eigenvalue weighted by atomic mass is 79.9. The molecule has 1 unspecified atom stereocenters. The van der Waals surface area contributed by atoms with E-state index in [-0.39, 0.29) is 10.0 Å². The van der Waals surface area contributed by atoms with Crippen LogP contribution in [-0.2, 0) is 0 Å². The van der Waals surface area contributed by atoms with Crippen molar-refractivity contribution < 1.29 is 13.2 Å². The second-order valence-electron chi connectivity index (χ2n) is 4.36. The largest absolute Gasteiger partial charge is 0.271 e. The molecule has 1 atom stereocenters. The first-order valence-corrected chi connectivity index (χ1v) is 6.60. The summed E-state index contributed by atoms with van der Waals surface area (Å²) in [7, 11) is 0. The van der Waals surface area contributed by atoms with E-state index in [1.54, 1.807) is 6.92 Å². The standard InChI is InChI=1S/C14H12BrF3N2/c1-7-2-3-8(16)6-9(7)14(20-19)12-11(17)5-4-10(15)13(12)18/h2-6,14,20H,19H2,1H3. The second-order valence-corrected chi connectivity index (χ2v) is 5.21. The minimum atomic E-state index is -0.983. The van der Waals surface area contributed by atoms with Gasteiger partial charge in [-0.05, 0) is 58.2 Å². The van der Waals surface area contributed by atoms with Gasteiger partial charge in [0, 0.05) is 5.56 Å². The van der Waals surface area contributed by atoms with E-state index in [4.69, 9.17) is 5.84 Å². The van der Waals surface area contributed by atoms with Gasteiger partial charge in [-0.25, -0.2) is 18.6 Å². The molecular formula is C14H12BrF3N2. The lowest BCUT2D eigenvalue weighted by molar-refractivity contribution is 0.504. The van der Waals surface area contributed by atoms with E-state index < -0.39 is 23.5 Å². The summed E-state index contributed by atoms with van der Waals surface area (Å²) in [4.78, 5) is 0. The second kappa shape index (κ2) is 5.95. The number of benzene rings is 2. The van der Waals surface area contributed by atoms with Crippen molar-refractivity contribution in [1.82, 2.24) is 5.43 Å². The molecule has 0 aliphatic heterocycles. The van der Waals surface area contributed by atoms with Crippen LogP contribution in [-0.4, -0.2) is 0 Å². The zero-order valence-electron chi connectivity index (χ0n) is 10.6. The Morgan fingerprint density at radius 3 is 2.50 bits per heavy atom. The average Bonchev–Trinajstić information content (AvgIpc) is 2.42. The van der Waals surface area contributed by atoms with Crippen molar-refractivity contribution in [3.63, 3.8) is 0 Å². The highest BCUT2D eigenvalue weighted by Crippen LogP contribution is 2.32. The maximum atomic E-state index is 14.1. The Labute approximate surface area is 122 Å². The summed E-state index contributed by atoms with van der Waals surface area (Å²) in [5, 5.41) is 0. The molecule has 2 nitrogen and oxygen atoms in total. The van der Waals surface area contributed by atoms with E-state index in [0.29, 0.717) is 11.1 Å². The first-order chi connectivity index (χ1) is 9.45. The summed E-state index contributed by atoms with van der Waals surface area (Å²) in [6, 6.07) is 5.42. The van der Waals surface area contributed by atoms with Crippen LogP contribution in [0.2, 0.25) is 0 Å². The molecule has 0 aliphatic carbocycles. The van der Waals surface area contributed by atoms with E-state index in [2.05, 4.69) is 21.4 Å². The molecule has 20 heavy (non-hydrogen) atoms. The van der Waals surface area contributed by atoms with Crippen LogP contribution in [0.1, 0.15) is 22.7 Å². The van der Waals surface area contributed by atoms with Crippen molar-refractivity contribution >= 4 is 15.9 Å². The molecule has 2 aromatic carbocycles. The number of hydrogen-bond donors (Lipinski definition) is 2. The summed E-state index contributed by atoms with van der Waals surface area (Å²) in [6.45, 7) is 1.72. The van der Waals surface area contributed by atoms with Gasteiger partial charge in [0.25, 0.3) is 0 Å². The van der Waals surface area contributed by atoms with Crippen molar-refractivity contribution in [2.24, 2.45) is 5.84 Å². The molecule has 106 valence electrons. The average molecular weight is 345 g/mol. The first-order valence-electron chi connectivity index (χ1n) is 5.81. The molecule has 0 radical (unpaired) electrons. The summed E-state index contributed by atoms with van der Waals surface area (Å²) >= 11 is 3.00. The van der Waals surface area contributed by atoms with Gasteiger partial charge in [0.1, 0.15) is 17.5 Å². The van der Waals surface area contributed by atoms with Gasteiger partial charge in [-0.1, -0.05) is 6.07 Å². The number of nitrogens with two attached hydrogens (primary N) is 1. The van der Waals surface area contributed by atoms with E-state index in [1.807, 2.05) is 0 Å². The fraction of sp³-hybridized carbons (Fsp3) is 0.143. The molecule has 0 aliphatic rings. The summed E-state index contributed by atoms with van der Waals surface area (Å²) < 4.78 is 41.6. The van der Waals surface area contributed by atoms with Gasteiger partial charge in [0.2, 0.25) is 0 Å². The molecule has 0 saturated carbocycles. The fourth-order valence-electron chi connectivity index (χ4n) is 2.06. The topological polar surface area (TPSA) is 38.0 Å². The van der Waals surface area contributed by atoms with Gasteiger partial charge in [-0.2, -0.15) is 0 Å². The van der Waals surface area contributed by atoms with Crippen molar-refractivity contribution in [2.45, 2.75) is 13.0 Å². The van der Waals surface area contributed by atoms with Gasteiger partial charge in [-0.3, -0.25) is 5.84 Å². The maximum absolute atomic E-state index is 14.1. The number of nitrogens with one attached hydrogen (secondary N) is 1. The van der Waals surface area contributed by atoms with Crippen LogP contribution in [0.4, 0.5) is 13.2 Å². The molecule has 0 fully saturated rings. The number of aryl methyl sites for hydroxylation is 1. The van der Waals surface area contributed by atoms with E-state index in [0.717, 1.165) is 6.07 Å². The Kier molecular flexibility index (Phi) is 4.47. The van der Waals surface area contributed by atoms with E-state index in [1.165, 1.54) is 24.3 Å². The minimum absolute atomic E-state index is 0.114. The van der Waals surface area contributed by atoms with Crippen LogP contribution < -0.4 is 11.3 Å². The third-order valence-corrected chi connectivity index (χ3v) is 3.70. The van der Waals surface area contributed by atoms with E-state index >= 15 is 0 Å². The summed E-state index contributed by atoms with van der Waals surface area (Å²) in [5.41, 5.74) is 3.14. The Balaban J connectivity index is 2.64. The predicted octanol–water partition coefficient (Wildman–Crippen LogP) is 3.73. The van der Waals surface area contributed by atoms with Gasteiger partial charge in [-0.15, -0.1) is 0 Å². The van der Waals surface area contributed by atoms with Gasteiger partial charge in [0.15, 0.2) is 0 Å². The minimum Gasteiger partial charge on any atom is -0.271 e. The Morgan fingerprint density at radius 1 is 1.15 bits per heavy atom. The van der Waals surface area contributed by atoms with Crippen molar-refractivity contribution in [2.75, 3.05) is 0 Å². The van der Waals surface area contributed by atoms with Gasteiger partial charge < -0.3 is 0 Å². The zero-order chi connectivity index (χ0) is 14.9. The van der Waals surface area contributed by atoms with Crippen molar-refractivity contribution in [3.8, 4) is 0 Å². The van der Waals surface area contributed by atoms with E-state index in [9.17, 15) is 13.2 Å². The first kappa shape index (κ1) is 15.0. The van der Waals surface area contributed by atoms with Crippen LogP contribution in [0.5, 0.6) is 0 Å². The molecular weight excluding hydrogens is 333 g/mol. The number of hydrazine groups is 1. The smallest absolute Gasteiger partial charge is 0.145 e. The van der Waals surface area contributed by atoms with Gasteiger partial charge in [0.05, 0.1) is 10.5 Å². The molecule has 0 spiro atoms. The summed E-state index contributed by atoms with van der Waals surface area (Å²) in [6.07, 6.45) is 0. The normalized spacial score (nSPS) is 12.5. The molecule has 0 saturated heterocycles. The Morgan fingerprint density at radius 2 is 1.85 bits per heavy atom. The lowest BCUT2D eigenvalue weighted by Gasteiger charge is -2.20. The van der Waals surface area contributed by atoms with Crippen molar-refractivity contribution in [1.29, 1.82) is 0 Å². The zero-order valence-corrected chi connectivity index (χ0v) is 12.1. The van der Waals surface area contributed by atoms with Crippen molar-refractivity contribution in [3.05, 3.63) is 68.9 Å². The predicted molar refractivity (Wildman–Crippen MR) is 74.4 cm³/mol. The van der Waals surface area contributed by atoms with Crippen LogP contribution in [0.25, 0.3) is 0 Å². The molecule has 0 amide bonds. The van der Waals surface area contributed by atoms with Crippen LogP contribution in [0.15, 0.2) is 34.8 Å². The molecule has 3 N–H and O–H groups in total. The third-order valence-electron chi connectivity index (χ3n) is 3.09. The molecule has 2 rings (SSSR count). The molecule has 0 aromatic heterocycles. The fourth-order valence-corrected chi connectivity index (χ4v) is 2.40. The monoisotopic (exact) mass is 344 g/mol. The summed E-state index contributed by atoms with van der Waals surface area (Å²) in [5.74, 6) is 3.40. The molecule has 0 heterocycles. The number of halogens is 4. The quantitative estimate of drug-likeness (QED) is 0.505. The number of hydrogen-bond acceptors (Lipinski definition) is 2. The Hall–Kier alpha value is -1.37. The van der Waals surface area contributed by atoms with Crippen LogP contribution >= 0.6 is 15.9 Å². The highest BCUT2D eigenvalue weighted by Gasteiger charge is 2.24. The Bertz CT molecular complexity index is 647. The van der Waals surface area contributed by atoms with Crippen LogP contribution in [0, 0.1) is 24.4 Å². The van der Waals surface area contributed by atoms with Crippen LogP contribution in [0.3, 0.4) is 0 Å². The molecule has 6 heteroatoms. The number of rotatable bonds is 3. The molecule has 0 bridgehead atoms. The SMILES string of the molecule is Cc1ccc(F)cc1C(NN)c1c(F)ccc(Br)c1F. The lowest BCUT2D eigenvalue weighted by atomic mass is 9.94. The highest BCUT2D eigenvalue weighted by molar-refractivity contribution is 9.10.